The number of aryl methyl sites for hydroxylation is 1. The molecular weight excluding hydrogens is 469 g/mol. The third-order valence-electron chi connectivity index (χ3n) is 6.31. The van der Waals surface area contributed by atoms with E-state index in [0.717, 1.165) is 23.9 Å². The molecule has 1 atom stereocenters. The average Bonchev–Trinajstić information content (AvgIpc) is 3.30. The molecule has 1 heterocycles. The van der Waals surface area contributed by atoms with Crippen molar-refractivity contribution in [3.63, 3.8) is 0 Å². The molecule has 37 heavy (non-hydrogen) atoms. The number of aromatic nitrogens is 3. The molecule has 1 aromatic heterocycles. The van der Waals surface area contributed by atoms with Crippen LogP contribution in [-0.4, -0.2) is 33.4 Å². The van der Waals surface area contributed by atoms with Crippen LogP contribution in [-0.2, 0) is 22.6 Å². The fourth-order valence-corrected chi connectivity index (χ4v) is 4.21. The van der Waals surface area contributed by atoms with Crippen LogP contribution in [0.2, 0.25) is 0 Å². The van der Waals surface area contributed by atoms with Gasteiger partial charge in [0.1, 0.15) is 23.9 Å². The molecule has 0 spiro atoms. The number of nitrogens with zero attached hydrogens (tertiary/aromatic N) is 4. The molecule has 0 saturated heterocycles. The van der Waals surface area contributed by atoms with E-state index in [1.807, 2.05) is 48.5 Å². The maximum atomic E-state index is 14.0. The van der Waals surface area contributed by atoms with Crippen molar-refractivity contribution in [1.82, 2.24) is 20.3 Å². The highest BCUT2D eigenvalue weighted by molar-refractivity contribution is 6.01. The lowest BCUT2D eigenvalue weighted by atomic mass is 10.0. The zero-order valence-electron chi connectivity index (χ0n) is 21.4. The summed E-state index contributed by atoms with van der Waals surface area (Å²) in [6, 6.07) is 19.7. The number of benzene rings is 3. The first-order chi connectivity index (χ1) is 17.9. The van der Waals surface area contributed by atoms with E-state index < -0.39 is 11.9 Å². The summed E-state index contributed by atoms with van der Waals surface area (Å²) in [4.78, 5) is 29.1. The normalized spacial score (nSPS) is 12.0. The van der Waals surface area contributed by atoms with Crippen molar-refractivity contribution < 1.29 is 14.0 Å². The molecule has 7 nitrogen and oxygen atoms in total. The first kappa shape index (κ1) is 26.0. The molecule has 4 aromatic rings. The van der Waals surface area contributed by atoms with Crippen molar-refractivity contribution in [3.8, 4) is 0 Å². The van der Waals surface area contributed by atoms with E-state index in [-0.39, 0.29) is 18.4 Å². The number of rotatable bonds is 10. The number of nitrogens with one attached hydrogen (secondary N) is 1. The minimum Gasteiger partial charge on any atom is -0.354 e. The van der Waals surface area contributed by atoms with Crippen molar-refractivity contribution >= 4 is 28.5 Å². The molecule has 2 amide bonds. The Labute approximate surface area is 216 Å². The SMILES string of the molecule is CCc1ccc(N(C(=O)Cn2nnc3ccccc32)[C@@H](C(=O)NCCC(C)C)c2ccc(F)cc2)cc1. The van der Waals surface area contributed by atoms with Gasteiger partial charge in [0, 0.05) is 12.2 Å². The minimum absolute atomic E-state index is 0.118. The largest absolute Gasteiger partial charge is 0.354 e. The fraction of sp³-hybridized carbons (Fsp3) is 0.310. The van der Waals surface area contributed by atoms with Gasteiger partial charge >= 0.3 is 0 Å². The second-order valence-electron chi connectivity index (χ2n) is 9.45. The lowest BCUT2D eigenvalue weighted by molar-refractivity contribution is -0.127. The number of halogens is 1. The lowest BCUT2D eigenvalue weighted by Gasteiger charge is -2.32. The zero-order valence-corrected chi connectivity index (χ0v) is 21.4. The van der Waals surface area contributed by atoms with Gasteiger partial charge in [0.15, 0.2) is 0 Å². The Bertz CT molecular complexity index is 1350. The summed E-state index contributed by atoms with van der Waals surface area (Å²) in [7, 11) is 0. The standard InChI is InChI=1S/C29H32FN5O2/c1-4-21-9-15-24(16-10-21)35(27(36)19-34-26-8-6-5-7-25(26)32-33-34)28(22-11-13-23(30)14-12-22)29(37)31-18-17-20(2)3/h5-16,20,28H,4,17-19H2,1-3H3,(H,31,37)/t28-/m1/s1. The molecule has 0 saturated carbocycles. The van der Waals surface area contributed by atoms with Crippen molar-refractivity contribution in [2.24, 2.45) is 5.92 Å². The summed E-state index contributed by atoms with van der Waals surface area (Å²) in [5.74, 6) is -0.677. The molecule has 4 rings (SSSR count). The quantitative estimate of drug-likeness (QED) is 0.329. The summed E-state index contributed by atoms with van der Waals surface area (Å²) >= 11 is 0. The summed E-state index contributed by atoms with van der Waals surface area (Å²) < 4.78 is 15.3. The van der Waals surface area contributed by atoms with E-state index in [1.165, 1.54) is 21.7 Å². The van der Waals surface area contributed by atoms with Crippen LogP contribution in [0.3, 0.4) is 0 Å². The smallest absolute Gasteiger partial charge is 0.249 e. The highest BCUT2D eigenvalue weighted by Gasteiger charge is 2.33. The van der Waals surface area contributed by atoms with E-state index in [9.17, 15) is 14.0 Å². The molecule has 1 N–H and O–H groups in total. The summed E-state index contributed by atoms with van der Waals surface area (Å²) in [6.45, 7) is 6.57. The molecule has 0 aliphatic heterocycles. The minimum atomic E-state index is -0.998. The number of anilines is 1. The summed E-state index contributed by atoms with van der Waals surface area (Å²) in [5, 5.41) is 11.3. The fourth-order valence-electron chi connectivity index (χ4n) is 4.21. The number of para-hydroxylation sites is 1. The van der Waals surface area contributed by atoms with E-state index in [2.05, 4.69) is 36.4 Å². The number of carbonyl (C=O) groups excluding carboxylic acids is 2. The molecular formula is C29H32FN5O2. The number of amides is 2. The van der Waals surface area contributed by atoms with Crippen LogP contribution in [0.4, 0.5) is 10.1 Å². The maximum Gasteiger partial charge on any atom is 0.249 e. The van der Waals surface area contributed by atoms with Gasteiger partial charge in [-0.3, -0.25) is 14.5 Å². The number of fused-ring (bicyclic) bond motifs is 1. The number of carbonyl (C=O) groups is 2. The first-order valence-corrected chi connectivity index (χ1v) is 12.6. The predicted molar refractivity (Wildman–Crippen MR) is 142 cm³/mol. The van der Waals surface area contributed by atoms with Crippen LogP contribution in [0.5, 0.6) is 0 Å². The van der Waals surface area contributed by atoms with Crippen molar-refractivity contribution in [2.45, 2.75) is 46.2 Å². The van der Waals surface area contributed by atoms with Gasteiger partial charge in [-0.15, -0.1) is 5.10 Å². The van der Waals surface area contributed by atoms with Gasteiger partial charge in [-0.05, 0) is 66.3 Å². The predicted octanol–water partition coefficient (Wildman–Crippen LogP) is 5.07. The van der Waals surface area contributed by atoms with Crippen LogP contribution in [0.1, 0.15) is 44.4 Å². The van der Waals surface area contributed by atoms with Crippen molar-refractivity contribution in [1.29, 1.82) is 0 Å². The zero-order chi connectivity index (χ0) is 26.4. The topological polar surface area (TPSA) is 80.1 Å². The Kier molecular flexibility index (Phi) is 8.28. The molecule has 0 aliphatic rings. The van der Waals surface area contributed by atoms with Crippen LogP contribution in [0.25, 0.3) is 11.0 Å². The van der Waals surface area contributed by atoms with Gasteiger partial charge in [0.05, 0.1) is 5.52 Å². The highest BCUT2D eigenvalue weighted by atomic mass is 19.1. The maximum absolute atomic E-state index is 14.0. The average molecular weight is 502 g/mol. The molecule has 0 radical (unpaired) electrons. The Morgan fingerprint density at radius 1 is 1.00 bits per heavy atom. The van der Waals surface area contributed by atoms with Crippen molar-refractivity contribution in [3.05, 3.63) is 89.7 Å². The molecule has 0 bridgehead atoms. The monoisotopic (exact) mass is 501 g/mol. The van der Waals surface area contributed by atoms with Gasteiger partial charge in [-0.1, -0.05) is 62.4 Å². The molecule has 3 aromatic carbocycles. The first-order valence-electron chi connectivity index (χ1n) is 12.6. The van der Waals surface area contributed by atoms with Crippen LogP contribution in [0, 0.1) is 11.7 Å². The van der Waals surface area contributed by atoms with Crippen molar-refractivity contribution in [2.75, 3.05) is 11.4 Å². The van der Waals surface area contributed by atoms with Gasteiger partial charge < -0.3 is 5.32 Å². The third-order valence-corrected chi connectivity index (χ3v) is 6.31. The number of hydrogen-bond acceptors (Lipinski definition) is 4. The Balaban J connectivity index is 1.76. The van der Waals surface area contributed by atoms with Crippen LogP contribution < -0.4 is 10.2 Å². The second kappa shape index (κ2) is 11.8. The van der Waals surface area contributed by atoms with Crippen LogP contribution >= 0.6 is 0 Å². The van der Waals surface area contributed by atoms with Gasteiger partial charge in [-0.25, -0.2) is 9.07 Å². The van der Waals surface area contributed by atoms with Crippen LogP contribution in [0.15, 0.2) is 72.8 Å². The van der Waals surface area contributed by atoms with Gasteiger partial charge in [0.25, 0.3) is 0 Å². The Hall–Kier alpha value is -4.07. The molecule has 0 fully saturated rings. The van der Waals surface area contributed by atoms with E-state index in [1.54, 1.807) is 12.1 Å². The summed E-state index contributed by atoms with van der Waals surface area (Å²) in [6.07, 6.45) is 1.64. The lowest BCUT2D eigenvalue weighted by Crippen LogP contribution is -2.45. The van der Waals surface area contributed by atoms with E-state index in [4.69, 9.17) is 0 Å². The van der Waals surface area contributed by atoms with Gasteiger partial charge in [0.2, 0.25) is 11.8 Å². The molecule has 8 heteroatoms. The van der Waals surface area contributed by atoms with E-state index >= 15 is 0 Å². The third kappa shape index (κ3) is 6.20. The molecule has 192 valence electrons. The second-order valence-corrected chi connectivity index (χ2v) is 9.45. The Morgan fingerprint density at radius 3 is 2.38 bits per heavy atom. The Morgan fingerprint density at radius 2 is 1.70 bits per heavy atom. The number of hydrogen-bond donors (Lipinski definition) is 1. The molecule has 0 aliphatic carbocycles. The van der Waals surface area contributed by atoms with E-state index in [0.29, 0.717) is 29.2 Å². The summed E-state index contributed by atoms with van der Waals surface area (Å²) in [5.41, 5.74) is 3.59. The van der Waals surface area contributed by atoms with Gasteiger partial charge in [-0.2, -0.15) is 0 Å². The molecule has 0 unspecified atom stereocenters. The highest BCUT2D eigenvalue weighted by Crippen LogP contribution is 2.29.